The van der Waals surface area contributed by atoms with Crippen molar-refractivity contribution in [2.24, 2.45) is 5.73 Å². The lowest BCUT2D eigenvalue weighted by atomic mass is 10.1. The molecule has 0 fully saturated rings. The van der Waals surface area contributed by atoms with Crippen LogP contribution in [0.4, 0.5) is 0 Å². The monoisotopic (exact) mass is 351 g/mol. The summed E-state index contributed by atoms with van der Waals surface area (Å²) in [4.78, 5) is 2.47. The van der Waals surface area contributed by atoms with Gasteiger partial charge in [-0.1, -0.05) is 6.08 Å². The third-order valence-corrected chi connectivity index (χ3v) is 3.74. The molecule has 22 heavy (non-hydrogen) atoms. The molecule has 0 aromatic rings. The summed E-state index contributed by atoms with van der Waals surface area (Å²) in [6.07, 6.45) is 11.1. The fourth-order valence-electron chi connectivity index (χ4n) is 2.75. The molecule has 2 heterocycles. The number of halogens is 2. The van der Waals surface area contributed by atoms with Crippen LogP contribution in [0.1, 0.15) is 34.1 Å². The third kappa shape index (κ3) is 5.57. The maximum Gasteiger partial charge on any atom is 0.107 e. The lowest BCUT2D eigenvalue weighted by Crippen LogP contribution is -2.54. The fourth-order valence-corrected chi connectivity index (χ4v) is 2.75. The molecule has 0 radical (unpaired) electrons. The highest BCUT2D eigenvalue weighted by atomic mass is 35.5. The Kier molecular flexibility index (Phi) is 10.3. The standard InChI is InChI=1S/C15H26N4.2ClH.H3N/c1-12(2)18(13(3)4)10-8-15(16)11-14-7-5-6-9-19(14)17-15;;;/h5-7,9,11-13,17H,8,10,16H2,1-4H3;2*1H;1H3. The molecule has 6 N–H and O–H groups in total. The van der Waals surface area contributed by atoms with Crippen molar-refractivity contribution in [3.8, 4) is 0 Å². The van der Waals surface area contributed by atoms with Crippen molar-refractivity contribution in [3.63, 3.8) is 0 Å². The minimum atomic E-state index is -0.448. The number of nitrogens with one attached hydrogen (secondary N) is 1. The van der Waals surface area contributed by atoms with Crippen LogP contribution in [0.5, 0.6) is 0 Å². The first-order chi connectivity index (χ1) is 8.91. The van der Waals surface area contributed by atoms with Crippen molar-refractivity contribution in [1.29, 1.82) is 0 Å². The second kappa shape index (κ2) is 9.55. The van der Waals surface area contributed by atoms with Crippen LogP contribution in [0, 0.1) is 0 Å². The van der Waals surface area contributed by atoms with Crippen LogP contribution in [0.3, 0.4) is 0 Å². The van der Waals surface area contributed by atoms with Gasteiger partial charge in [0, 0.05) is 24.8 Å². The number of allylic oxidation sites excluding steroid dienone is 3. The smallest absolute Gasteiger partial charge is 0.107 e. The lowest BCUT2D eigenvalue weighted by molar-refractivity contribution is 0.148. The first-order valence-corrected chi connectivity index (χ1v) is 7.11. The molecule has 0 amide bonds. The molecule has 0 bridgehead atoms. The molecule has 0 spiro atoms. The Bertz CT molecular complexity index is 412. The summed E-state index contributed by atoms with van der Waals surface area (Å²) in [6, 6.07) is 1.08. The summed E-state index contributed by atoms with van der Waals surface area (Å²) in [5, 5.41) is 2.00. The highest BCUT2D eigenvalue weighted by Gasteiger charge is 2.32. The van der Waals surface area contributed by atoms with E-state index in [0.29, 0.717) is 12.1 Å². The van der Waals surface area contributed by atoms with Crippen LogP contribution in [0.15, 0.2) is 36.2 Å². The molecule has 0 saturated carbocycles. The van der Waals surface area contributed by atoms with Gasteiger partial charge in [-0.05, 0) is 52.3 Å². The summed E-state index contributed by atoms with van der Waals surface area (Å²) in [6.45, 7) is 9.93. The van der Waals surface area contributed by atoms with Crippen molar-refractivity contribution in [2.45, 2.75) is 51.9 Å². The van der Waals surface area contributed by atoms with Gasteiger partial charge < -0.3 is 11.9 Å². The number of nitrogens with two attached hydrogens (primary N) is 1. The summed E-state index contributed by atoms with van der Waals surface area (Å²) in [5.41, 5.74) is 10.5. The van der Waals surface area contributed by atoms with Gasteiger partial charge in [-0.15, -0.1) is 24.8 Å². The highest BCUT2D eigenvalue weighted by molar-refractivity contribution is 5.85. The van der Waals surface area contributed by atoms with Crippen LogP contribution in [-0.4, -0.2) is 34.2 Å². The quantitative estimate of drug-likeness (QED) is 0.709. The first-order valence-electron chi connectivity index (χ1n) is 7.11. The third-order valence-electron chi connectivity index (χ3n) is 3.74. The number of hydrogen-bond donors (Lipinski definition) is 3. The molecule has 1 unspecified atom stereocenters. The van der Waals surface area contributed by atoms with Gasteiger partial charge >= 0.3 is 0 Å². The maximum atomic E-state index is 6.44. The molecule has 7 heteroatoms. The van der Waals surface area contributed by atoms with E-state index in [-0.39, 0.29) is 31.0 Å². The summed E-state index contributed by atoms with van der Waals surface area (Å²) in [5.74, 6) is 0. The van der Waals surface area contributed by atoms with E-state index >= 15 is 0 Å². The van der Waals surface area contributed by atoms with E-state index in [9.17, 15) is 0 Å². The van der Waals surface area contributed by atoms with E-state index in [4.69, 9.17) is 5.73 Å². The van der Waals surface area contributed by atoms with Gasteiger partial charge in [0.2, 0.25) is 0 Å². The van der Waals surface area contributed by atoms with E-state index in [1.807, 2.05) is 23.4 Å². The average Bonchev–Trinajstić information content (AvgIpc) is 2.64. The molecule has 130 valence electrons. The molecule has 0 aromatic heterocycles. The Morgan fingerprint density at radius 3 is 2.27 bits per heavy atom. The molecular formula is C15H31Cl2N5. The summed E-state index contributed by atoms with van der Waals surface area (Å²) >= 11 is 0. The normalized spacial score (nSPS) is 22.2. The minimum absolute atomic E-state index is 0. The maximum absolute atomic E-state index is 6.44. The predicted molar refractivity (Wildman–Crippen MR) is 99.4 cm³/mol. The Balaban J connectivity index is 0. The van der Waals surface area contributed by atoms with E-state index < -0.39 is 5.66 Å². The number of nitrogens with zero attached hydrogens (tertiary/aromatic N) is 2. The second-order valence-electron chi connectivity index (χ2n) is 5.97. The van der Waals surface area contributed by atoms with Gasteiger partial charge in [-0.3, -0.25) is 9.91 Å². The lowest BCUT2D eigenvalue weighted by Gasteiger charge is -2.34. The molecule has 2 aliphatic rings. The first kappa shape index (κ1) is 23.7. The SMILES string of the molecule is CC(C)N(CCC1(N)C=C2C=CC=CN2N1)C(C)C.Cl.Cl.N. The van der Waals surface area contributed by atoms with Crippen molar-refractivity contribution in [1.82, 2.24) is 21.5 Å². The molecule has 0 saturated heterocycles. The minimum Gasteiger partial charge on any atom is -0.344 e. The van der Waals surface area contributed by atoms with Crippen LogP contribution in [0.25, 0.3) is 0 Å². The Hall–Kier alpha value is -0.560. The number of hydrogen-bond acceptors (Lipinski definition) is 5. The molecule has 0 aromatic carbocycles. The van der Waals surface area contributed by atoms with Gasteiger partial charge in [-0.2, -0.15) is 0 Å². The van der Waals surface area contributed by atoms with E-state index in [0.717, 1.165) is 18.7 Å². The summed E-state index contributed by atoms with van der Waals surface area (Å²) in [7, 11) is 0. The molecule has 5 nitrogen and oxygen atoms in total. The van der Waals surface area contributed by atoms with E-state index in [1.54, 1.807) is 0 Å². The van der Waals surface area contributed by atoms with Gasteiger partial charge in [-0.25, -0.2) is 5.43 Å². The number of rotatable bonds is 5. The molecule has 2 rings (SSSR count). The van der Waals surface area contributed by atoms with Gasteiger partial charge in [0.25, 0.3) is 0 Å². The molecular weight excluding hydrogens is 321 g/mol. The van der Waals surface area contributed by atoms with Gasteiger partial charge in [0.15, 0.2) is 0 Å². The number of hydrazine groups is 1. The average molecular weight is 352 g/mol. The van der Waals surface area contributed by atoms with Crippen LogP contribution in [-0.2, 0) is 0 Å². The molecule has 2 aliphatic heterocycles. The van der Waals surface area contributed by atoms with Gasteiger partial charge in [0.05, 0.1) is 5.70 Å². The van der Waals surface area contributed by atoms with Crippen molar-refractivity contribution in [3.05, 3.63) is 36.2 Å². The summed E-state index contributed by atoms with van der Waals surface area (Å²) < 4.78 is 0. The Morgan fingerprint density at radius 1 is 1.18 bits per heavy atom. The predicted octanol–water partition coefficient (Wildman–Crippen LogP) is 2.94. The van der Waals surface area contributed by atoms with E-state index in [2.05, 4.69) is 50.2 Å². The van der Waals surface area contributed by atoms with E-state index in [1.165, 1.54) is 0 Å². The zero-order chi connectivity index (χ0) is 14.0. The molecule has 0 aliphatic carbocycles. The second-order valence-corrected chi connectivity index (χ2v) is 5.97. The van der Waals surface area contributed by atoms with Crippen LogP contribution in [0.2, 0.25) is 0 Å². The zero-order valence-corrected chi connectivity index (χ0v) is 15.6. The van der Waals surface area contributed by atoms with Crippen LogP contribution >= 0.6 is 24.8 Å². The topological polar surface area (TPSA) is 79.5 Å². The zero-order valence-electron chi connectivity index (χ0n) is 14.0. The fraction of sp³-hybridized carbons (Fsp3) is 0.600. The van der Waals surface area contributed by atoms with Gasteiger partial charge in [0.1, 0.15) is 5.66 Å². The highest BCUT2D eigenvalue weighted by Crippen LogP contribution is 2.24. The number of fused-ring (bicyclic) bond motifs is 1. The van der Waals surface area contributed by atoms with Crippen LogP contribution < -0.4 is 17.3 Å². The van der Waals surface area contributed by atoms with Crippen molar-refractivity contribution >= 4 is 24.8 Å². The Morgan fingerprint density at radius 2 is 1.77 bits per heavy atom. The van der Waals surface area contributed by atoms with Crippen molar-refractivity contribution in [2.75, 3.05) is 6.54 Å². The Labute approximate surface area is 147 Å². The molecule has 1 atom stereocenters. The largest absolute Gasteiger partial charge is 0.344 e. The van der Waals surface area contributed by atoms with Crippen molar-refractivity contribution < 1.29 is 0 Å².